The van der Waals surface area contributed by atoms with Crippen LogP contribution < -0.4 is 5.32 Å². The van der Waals surface area contributed by atoms with Crippen LogP contribution in [0.3, 0.4) is 0 Å². The smallest absolute Gasteiger partial charge is 0.306 e. The molecule has 0 aliphatic rings. The van der Waals surface area contributed by atoms with Gasteiger partial charge in [0.1, 0.15) is 10.7 Å². The molecule has 0 saturated heterocycles. The summed E-state index contributed by atoms with van der Waals surface area (Å²) in [5.41, 5.74) is 0.239. The summed E-state index contributed by atoms with van der Waals surface area (Å²) >= 11 is 6.60. The zero-order chi connectivity index (χ0) is 23.6. The molecule has 3 rings (SSSR count). The quantitative estimate of drug-likeness (QED) is 0.455. The number of rotatable bonds is 7. The fourth-order valence-corrected chi connectivity index (χ4v) is 4.11. The van der Waals surface area contributed by atoms with Crippen LogP contribution in [0, 0.1) is 6.92 Å². The maximum Gasteiger partial charge on any atom is 0.418 e. The van der Waals surface area contributed by atoms with Crippen LogP contribution in [-0.2, 0) is 12.7 Å². The van der Waals surface area contributed by atoms with Crippen LogP contribution in [-0.4, -0.2) is 31.4 Å². The lowest BCUT2D eigenvalue weighted by Crippen LogP contribution is -2.13. The summed E-state index contributed by atoms with van der Waals surface area (Å²) in [6.07, 6.45) is -0.807. The van der Waals surface area contributed by atoms with Crippen molar-refractivity contribution in [3.63, 3.8) is 0 Å². The third-order valence-electron chi connectivity index (χ3n) is 4.77. The minimum absolute atomic E-state index is 0.0825. The number of halogens is 4. The molecule has 0 bridgehead atoms. The van der Waals surface area contributed by atoms with Crippen molar-refractivity contribution in [2.24, 2.45) is 0 Å². The molecule has 0 aliphatic carbocycles. The highest BCUT2D eigenvalue weighted by Gasteiger charge is 2.34. The number of nitrogens with one attached hydrogen (secondary N) is 1. The van der Waals surface area contributed by atoms with Gasteiger partial charge in [0, 0.05) is 30.8 Å². The molecule has 170 valence electrons. The van der Waals surface area contributed by atoms with Gasteiger partial charge in [-0.1, -0.05) is 18.5 Å². The van der Waals surface area contributed by atoms with Crippen molar-refractivity contribution >= 4 is 40.4 Å². The maximum atomic E-state index is 13.0. The van der Waals surface area contributed by atoms with Crippen LogP contribution in [0.15, 0.2) is 24.7 Å². The largest absolute Gasteiger partial charge is 0.418 e. The van der Waals surface area contributed by atoms with E-state index < -0.39 is 22.7 Å². The van der Waals surface area contributed by atoms with Gasteiger partial charge >= 0.3 is 6.18 Å². The van der Waals surface area contributed by atoms with E-state index in [2.05, 4.69) is 20.4 Å². The standard InChI is InChI=1S/C20H19ClF3N5O2S/c1-4-29-11(3)12(7-27-29)15(30)5-10(2)19-26-9-16(32-19)18(31)28-17-6-13(20(22,23)24)14(21)8-25-17/h6-10H,4-5H2,1-3H3,(H,25,28,31)/t10-/m0/s1. The molecule has 7 nitrogen and oxygen atoms in total. The molecule has 1 amide bonds. The number of thiazole rings is 1. The highest BCUT2D eigenvalue weighted by molar-refractivity contribution is 7.13. The first-order chi connectivity index (χ1) is 15.0. The number of pyridine rings is 1. The number of carbonyl (C=O) groups excluding carboxylic acids is 2. The average molecular weight is 486 g/mol. The Morgan fingerprint density at radius 2 is 1.97 bits per heavy atom. The monoisotopic (exact) mass is 485 g/mol. The van der Waals surface area contributed by atoms with Gasteiger partial charge < -0.3 is 5.32 Å². The zero-order valence-corrected chi connectivity index (χ0v) is 18.9. The Morgan fingerprint density at radius 3 is 2.59 bits per heavy atom. The predicted octanol–water partition coefficient (Wildman–Crippen LogP) is 5.36. The Labute approximate surface area is 190 Å². The highest BCUT2D eigenvalue weighted by Crippen LogP contribution is 2.35. The van der Waals surface area contributed by atoms with Crippen molar-refractivity contribution in [1.29, 1.82) is 0 Å². The molecule has 0 fully saturated rings. The molecule has 0 aliphatic heterocycles. The van der Waals surface area contributed by atoms with Crippen LogP contribution in [0.2, 0.25) is 5.02 Å². The molecule has 3 aromatic heterocycles. The Morgan fingerprint density at radius 1 is 1.25 bits per heavy atom. The summed E-state index contributed by atoms with van der Waals surface area (Å²) in [5, 5.41) is 6.49. The van der Waals surface area contributed by atoms with Crippen molar-refractivity contribution in [2.45, 2.75) is 45.8 Å². The molecule has 1 atom stereocenters. The van der Waals surface area contributed by atoms with Crippen molar-refractivity contribution in [2.75, 3.05) is 5.32 Å². The third kappa shape index (κ3) is 5.16. The first-order valence-corrected chi connectivity index (χ1v) is 10.8. The van der Waals surface area contributed by atoms with Gasteiger partial charge in [0.15, 0.2) is 5.78 Å². The number of anilines is 1. The fourth-order valence-electron chi connectivity index (χ4n) is 3.04. The second-order valence-electron chi connectivity index (χ2n) is 7.05. The summed E-state index contributed by atoms with van der Waals surface area (Å²) in [6, 6.07) is 0.669. The summed E-state index contributed by atoms with van der Waals surface area (Å²) in [7, 11) is 0. The van der Waals surface area contributed by atoms with E-state index in [9.17, 15) is 22.8 Å². The van der Waals surface area contributed by atoms with Gasteiger partial charge in [0.05, 0.1) is 33.6 Å². The fraction of sp³-hybridized carbons (Fsp3) is 0.350. The number of nitrogens with zero attached hydrogens (tertiary/aromatic N) is 4. The lowest BCUT2D eigenvalue weighted by molar-refractivity contribution is -0.137. The number of amides is 1. The number of carbonyl (C=O) groups is 2. The lowest BCUT2D eigenvalue weighted by Gasteiger charge is -2.10. The van der Waals surface area contributed by atoms with E-state index in [-0.39, 0.29) is 28.8 Å². The molecular weight excluding hydrogens is 467 g/mol. The van der Waals surface area contributed by atoms with E-state index in [0.717, 1.165) is 23.2 Å². The second-order valence-corrected chi connectivity index (χ2v) is 8.52. The van der Waals surface area contributed by atoms with Gasteiger partial charge in [-0.25, -0.2) is 9.97 Å². The topological polar surface area (TPSA) is 89.8 Å². The molecular formula is C20H19ClF3N5O2S. The van der Waals surface area contributed by atoms with E-state index in [1.54, 1.807) is 10.9 Å². The van der Waals surface area contributed by atoms with E-state index in [1.807, 2.05) is 20.8 Å². The van der Waals surface area contributed by atoms with Crippen molar-refractivity contribution < 1.29 is 22.8 Å². The van der Waals surface area contributed by atoms with Gasteiger partial charge in [-0.2, -0.15) is 18.3 Å². The molecule has 0 saturated carbocycles. The number of alkyl halides is 3. The second kappa shape index (κ2) is 9.37. The molecule has 1 N–H and O–H groups in total. The van der Waals surface area contributed by atoms with Gasteiger partial charge in [-0.15, -0.1) is 11.3 Å². The van der Waals surface area contributed by atoms with E-state index >= 15 is 0 Å². The molecule has 3 aromatic rings. The van der Waals surface area contributed by atoms with E-state index in [4.69, 9.17) is 11.6 Å². The van der Waals surface area contributed by atoms with E-state index in [1.165, 1.54) is 6.20 Å². The molecule has 0 unspecified atom stereocenters. The molecule has 32 heavy (non-hydrogen) atoms. The highest BCUT2D eigenvalue weighted by atomic mass is 35.5. The zero-order valence-electron chi connectivity index (χ0n) is 17.3. The van der Waals surface area contributed by atoms with Gasteiger partial charge in [-0.3, -0.25) is 14.3 Å². The van der Waals surface area contributed by atoms with Gasteiger partial charge in [0.25, 0.3) is 5.91 Å². The predicted molar refractivity (Wildman–Crippen MR) is 114 cm³/mol. The Balaban J connectivity index is 1.69. The molecule has 0 spiro atoms. The summed E-state index contributed by atoms with van der Waals surface area (Å²) in [4.78, 5) is 33.2. The molecule has 12 heteroatoms. The minimum atomic E-state index is -4.68. The Hall–Kier alpha value is -2.79. The number of aryl methyl sites for hydroxylation is 1. The maximum absolute atomic E-state index is 13.0. The number of hydrogen-bond acceptors (Lipinski definition) is 6. The molecule has 3 heterocycles. The Kier molecular flexibility index (Phi) is 6.99. The normalized spacial score (nSPS) is 12.6. The van der Waals surface area contributed by atoms with Crippen molar-refractivity contribution in [3.05, 3.63) is 56.4 Å². The molecule has 0 radical (unpaired) electrons. The first kappa shape index (κ1) is 23.9. The SMILES string of the molecule is CCn1ncc(C(=O)C[C@H](C)c2ncc(C(=O)Nc3cc(C(F)(F)F)c(Cl)cn3)s2)c1C. The summed E-state index contributed by atoms with van der Waals surface area (Å²) < 4.78 is 40.7. The lowest BCUT2D eigenvalue weighted by atomic mass is 10.0. The number of hydrogen-bond donors (Lipinski definition) is 1. The van der Waals surface area contributed by atoms with Crippen LogP contribution in [0.5, 0.6) is 0 Å². The number of aromatic nitrogens is 4. The summed E-state index contributed by atoms with van der Waals surface area (Å²) in [6.45, 7) is 6.23. The van der Waals surface area contributed by atoms with Gasteiger partial charge in [0.2, 0.25) is 0 Å². The van der Waals surface area contributed by atoms with Crippen molar-refractivity contribution in [1.82, 2.24) is 19.7 Å². The van der Waals surface area contributed by atoms with Crippen LogP contribution in [0.1, 0.15) is 62.5 Å². The average Bonchev–Trinajstić information content (AvgIpc) is 3.35. The van der Waals surface area contributed by atoms with Crippen molar-refractivity contribution in [3.8, 4) is 0 Å². The van der Waals surface area contributed by atoms with Crippen LogP contribution in [0.25, 0.3) is 0 Å². The minimum Gasteiger partial charge on any atom is -0.306 e. The van der Waals surface area contributed by atoms with Crippen LogP contribution in [0.4, 0.5) is 19.0 Å². The number of Topliss-reactive ketones (excluding diaryl/α,β-unsaturated/α-hetero) is 1. The summed E-state index contributed by atoms with van der Waals surface area (Å²) in [5.74, 6) is -1.28. The van der Waals surface area contributed by atoms with E-state index in [0.29, 0.717) is 23.2 Å². The van der Waals surface area contributed by atoms with Gasteiger partial charge in [-0.05, 0) is 19.9 Å². The van der Waals surface area contributed by atoms with Crippen LogP contribution >= 0.6 is 22.9 Å². The third-order valence-corrected chi connectivity index (χ3v) is 6.29. The Bertz CT molecular complexity index is 1160. The first-order valence-electron chi connectivity index (χ1n) is 9.56. The number of ketones is 1. The molecule has 0 aromatic carbocycles.